The van der Waals surface area contributed by atoms with Gasteiger partial charge in [0.1, 0.15) is 5.82 Å². The van der Waals surface area contributed by atoms with Crippen LogP contribution >= 0.6 is 0 Å². The van der Waals surface area contributed by atoms with E-state index in [1.165, 1.54) is 0 Å². The Morgan fingerprint density at radius 1 is 0.912 bits per heavy atom. The Balaban J connectivity index is 1.33. The molecule has 180 valence electrons. The van der Waals surface area contributed by atoms with E-state index in [1.807, 2.05) is 55.4 Å². The van der Waals surface area contributed by atoms with Crippen LogP contribution in [0.4, 0.5) is 22.2 Å². The molecule has 7 heteroatoms. The highest BCUT2D eigenvalue weighted by Gasteiger charge is 2.24. The van der Waals surface area contributed by atoms with Gasteiger partial charge in [-0.2, -0.15) is 4.98 Å². The molecule has 1 fully saturated rings. The van der Waals surface area contributed by atoms with Crippen LogP contribution in [-0.4, -0.2) is 42.2 Å². The highest BCUT2D eigenvalue weighted by atomic mass is 16.2. The number of nitrogens with zero attached hydrogens (tertiary/aromatic N) is 3. The van der Waals surface area contributed by atoms with Crippen LogP contribution in [0.3, 0.4) is 0 Å². The fraction of sp³-hybridized carbons (Fsp3) is 0.444. The third-order valence-electron chi connectivity index (χ3n) is 6.39. The van der Waals surface area contributed by atoms with E-state index in [2.05, 4.69) is 48.9 Å². The monoisotopic (exact) mass is 460 g/mol. The topological polar surface area (TPSA) is 82.2 Å². The molecule has 7 nitrogen and oxygen atoms in total. The summed E-state index contributed by atoms with van der Waals surface area (Å²) in [6.45, 7) is 6.46. The molecule has 0 bridgehead atoms. The van der Waals surface area contributed by atoms with E-state index in [1.54, 1.807) is 0 Å². The van der Waals surface area contributed by atoms with E-state index in [0.717, 1.165) is 53.7 Å². The number of fused-ring (bicyclic) bond motifs is 1. The first-order chi connectivity index (χ1) is 16.2. The highest BCUT2D eigenvalue weighted by molar-refractivity contribution is 5.91. The number of urea groups is 1. The van der Waals surface area contributed by atoms with Gasteiger partial charge in [-0.05, 0) is 54.9 Å². The minimum atomic E-state index is -0.137. The Kier molecular flexibility index (Phi) is 6.91. The normalized spacial score (nSPS) is 18.4. The molecule has 2 amide bonds. The lowest BCUT2D eigenvalue weighted by atomic mass is 9.86. The van der Waals surface area contributed by atoms with Crippen LogP contribution in [0, 0.1) is 0 Å². The van der Waals surface area contributed by atoms with Crippen LogP contribution in [0.1, 0.15) is 52.0 Å². The summed E-state index contributed by atoms with van der Waals surface area (Å²) < 4.78 is 0. The van der Waals surface area contributed by atoms with E-state index in [-0.39, 0.29) is 17.5 Å². The summed E-state index contributed by atoms with van der Waals surface area (Å²) in [7, 11) is 4.00. The van der Waals surface area contributed by atoms with E-state index >= 15 is 0 Å². The predicted molar refractivity (Wildman–Crippen MR) is 141 cm³/mol. The number of hydrogen-bond donors (Lipinski definition) is 3. The first-order valence-corrected chi connectivity index (χ1v) is 12.1. The van der Waals surface area contributed by atoms with Crippen molar-refractivity contribution >= 4 is 34.4 Å². The van der Waals surface area contributed by atoms with Crippen molar-refractivity contribution in [2.24, 2.45) is 0 Å². The molecule has 0 aliphatic heterocycles. The van der Waals surface area contributed by atoms with Crippen LogP contribution in [0.5, 0.6) is 0 Å². The zero-order chi connectivity index (χ0) is 24.3. The lowest BCUT2D eigenvalue weighted by Gasteiger charge is -2.30. The van der Waals surface area contributed by atoms with Gasteiger partial charge in [-0.1, -0.05) is 51.1 Å². The molecule has 1 heterocycles. The van der Waals surface area contributed by atoms with Gasteiger partial charge in [-0.3, -0.25) is 0 Å². The Morgan fingerprint density at radius 3 is 2.26 bits per heavy atom. The van der Waals surface area contributed by atoms with Crippen molar-refractivity contribution in [1.29, 1.82) is 0 Å². The third kappa shape index (κ3) is 5.58. The molecular formula is C27H36N6O. The quantitative estimate of drug-likeness (QED) is 0.466. The summed E-state index contributed by atoms with van der Waals surface area (Å²) >= 11 is 0. The molecule has 0 radical (unpaired) electrons. The van der Waals surface area contributed by atoms with Crippen molar-refractivity contribution in [3.63, 3.8) is 0 Å². The minimum Gasteiger partial charge on any atom is -0.362 e. The van der Waals surface area contributed by atoms with Gasteiger partial charge in [0.05, 0.1) is 5.52 Å². The fourth-order valence-electron chi connectivity index (χ4n) is 4.62. The first kappa shape index (κ1) is 23.8. The SMILES string of the molecule is CN(C)c1nc(N[C@H]2CC[C@@H](NC(=O)Nc3ccccc3C(C)(C)C)CC2)nc2ccccc12. The van der Waals surface area contributed by atoms with E-state index in [4.69, 9.17) is 9.97 Å². The summed E-state index contributed by atoms with van der Waals surface area (Å²) in [5.41, 5.74) is 2.90. The number of rotatable bonds is 5. The average Bonchev–Trinajstić information content (AvgIpc) is 2.79. The molecule has 0 atom stereocenters. The van der Waals surface area contributed by atoms with Crippen molar-refractivity contribution < 1.29 is 4.79 Å². The molecule has 1 aromatic heterocycles. The molecule has 1 aliphatic carbocycles. The summed E-state index contributed by atoms with van der Waals surface area (Å²) in [5.74, 6) is 1.58. The zero-order valence-electron chi connectivity index (χ0n) is 20.9. The number of hydrogen-bond acceptors (Lipinski definition) is 5. The van der Waals surface area contributed by atoms with Gasteiger partial charge >= 0.3 is 6.03 Å². The number of anilines is 3. The second-order valence-electron chi connectivity index (χ2n) is 10.4. The van der Waals surface area contributed by atoms with E-state index in [9.17, 15) is 4.79 Å². The van der Waals surface area contributed by atoms with Crippen molar-refractivity contribution in [2.45, 2.75) is 64.0 Å². The van der Waals surface area contributed by atoms with Crippen molar-refractivity contribution in [2.75, 3.05) is 29.6 Å². The Bertz CT molecular complexity index is 1150. The van der Waals surface area contributed by atoms with E-state index < -0.39 is 0 Å². The number of para-hydroxylation sites is 2. The summed E-state index contributed by atoms with van der Waals surface area (Å²) in [6, 6.07) is 16.4. The average molecular weight is 461 g/mol. The summed E-state index contributed by atoms with van der Waals surface area (Å²) in [4.78, 5) is 24.2. The number of carbonyl (C=O) groups excluding carboxylic acids is 1. The number of amides is 2. The molecule has 0 saturated heterocycles. The van der Waals surface area contributed by atoms with Gasteiger partial charge in [0.25, 0.3) is 0 Å². The third-order valence-corrected chi connectivity index (χ3v) is 6.39. The number of nitrogens with one attached hydrogen (secondary N) is 3. The van der Waals surface area contributed by atoms with Crippen molar-refractivity contribution in [1.82, 2.24) is 15.3 Å². The molecule has 4 rings (SSSR count). The van der Waals surface area contributed by atoms with Gasteiger partial charge in [-0.25, -0.2) is 9.78 Å². The molecule has 2 aromatic carbocycles. The fourth-order valence-corrected chi connectivity index (χ4v) is 4.62. The number of benzene rings is 2. The first-order valence-electron chi connectivity index (χ1n) is 12.1. The predicted octanol–water partition coefficient (Wildman–Crippen LogP) is 5.54. The van der Waals surface area contributed by atoms with Gasteiger partial charge < -0.3 is 20.9 Å². The second kappa shape index (κ2) is 9.87. The molecule has 0 spiro atoms. The van der Waals surface area contributed by atoms with Crippen LogP contribution in [0.2, 0.25) is 0 Å². The lowest BCUT2D eigenvalue weighted by molar-refractivity contribution is 0.243. The number of carbonyl (C=O) groups is 1. The maximum atomic E-state index is 12.7. The van der Waals surface area contributed by atoms with Gasteiger partial charge in [-0.15, -0.1) is 0 Å². The molecule has 1 aliphatic rings. The van der Waals surface area contributed by atoms with Crippen molar-refractivity contribution in [3.8, 4) is 0 Å². The zero-order valence-corrected chi connectivity index (χ0v) is 20.9. The molecule has 0 unspecified atom stereocenters. The Labute approximate surface area is 202 Å². The summed E-state index contributed by atoms with van der Waals surface area (Å²) in [6.07, 6.45) is 3.74. The molecule has 1 saturated carbocycles. The number of aromatic nitrogens is 2. The Hall–Kier alpha value is -3.35. The Morgan fingerprint density at radius 2 is 1.56 bits per heavy atom. The largest absolute Gasteiger partial charge is 0.362 e. The van der Waals surface area contributed by atoms with Crippen LogP contribution in [-0.2, 0) is 5.41 Å². The maximum absolute atomic E-state index is 12.7. The maximum Gasteiger partial charge on any atom is 0.319 e. The lowest BCUT2D eigenvalue weighted by Crippen LogP contribution is -2.42. The minimum absolute atomic E-state index is 0.0368. The highest BCUT2D eigenvalue weighted by Crippen LogP contribution is 2.30. The van der Waals surface area contributed by atoms with E-state index in [0.29, 0.717) is 12.0 Å². The van der Waals surface area contributed by atoms with Crippen LogP contribution in [0.25, 0.3) is 10.9 Å². The second-order valence-corrected chi connectivity index (χ2v) is 10.4. The molecule has 3 aromatic rings. The molecular weight excluding hydrogens is 424 g/mol. The molecule has 3 N–H and O–H groups in total. The van der Waals surface area contributed by atoms with Gasteiger partial charge in [0, 0.05) is 37.3 Å². The van der Waals surface area contributed by atoms with Crippen LogP contribution < -0.4 is 20.9 Å². The van der Waals surface area contributed by atoms with Crippen molar-refractivity contribution in [3.05, 3.63) is 54.1 Å². The summed E-state index contributed by atoms with van der Waals surface area (Å²) in [5, 5.41) is 10.8. The van der Waals surface area contributed by atoms with Gasteiger partial charge in [0.15, 0.2) is 0 Å². The van der Waals surface area contributed by atoms with Gasteiger partial charge in [0.2, 0.25) is 5.95 Å². The van der Waals surface area contributed by atoms with Crippen LogP contribution in [0.15, 0.2) is 48.5 Å². The molecule has 34 heavy (non-hydrogen) atoms. The standard InChI is InChI=1S/C27H36N6O/c1-27(2,3)21-11-7-9-13-23(21)31-26(34)29-19-16-14-18(15-17-19)28-25-30-22-12-8-6-10-20(22)24(32-25)33(4)5/h6-13,18-19H,14-17H2,1-5H3,(H,28,30,32)(H2,29,31,34)/t18-,19+. The smallest absolute Gasteiger partial charge is 0.319 e.